The Kier molecular flexibility index (Phi) is 6.68. The molecule has 0 atom stereocenters. The van der Waals surface area contributed by atoms with E-state index in [1.165, 1.54) is 43.4 Å². The summed E-state index contributed by atoms with van der Waals surface area (Å²) in [4.78, 5) is 2.58. The van der Waals surface area contributed by atoms with Crippen LogP contribution in [-0.4, -0.2) is 24.0 Å². The van der Waals surface area contributed by atoms with Crippen LogP contribution < -0.4 is 0 Å². The fourth-order valence-corrected chi connectivity index (χ4v) is 3.39. The number of rotatable bonds is 1. The zero-order valence-corrected chi connectivity index (χ0v) is 13.8. The summed E-state index contributed by atoms with van der Waals surface area (Å²) in [5.74, 6) is 0.328. The second-order valence-corrected chi connectivity index (χ2v) is 6.61. The van der Waals surface area contributed by atoms with Gasteiger partial charge in [0.05, 0.1) is 6.07 Å². The van der Waals surface area contributed by atoms with Crippen LogP contribution in [0.1, 0.15) is 44.1 Å². The highest BCUT2D eigenvalue weighted by molar-refractivity contribution is 5.11. The summed E-state index contributed by atoms with van der Waals surface area (Å²) in [5, 5.41) is 8.85. The minimum absolute atomic E-state index is 0.328. The lowest BCUT2D eigenvalue weighted by molar-refractivity contribution is 0.143. The minimum atomic E-state index is 0.328. The van der Waals surface area contributed by atoms with Crippen LogP contribution in [0.2, 0.25) is 0 Å². The number of nitrogens with zero attached hydrogens (tertiary/aromatic N) is 2. The zero-order valence-electron chi connectivity index (χ0n) is 13.8. The van der Waals surface area contributed by atoms with Crippen LogP contribution >= 0.6 is 0 Å². The van der Waals surface area contributed by atoms with Gasteiger partial charge in [0.25, 0.3) is 0 Å². The molecule has 0 amide bonds. The van der Waals surface area contributed by atoms with Gasteiger partial charge in [0.1, 0.15) is 0 Å². The molecule has 2 aliphatic rings. The number of piperidine rings is 1. The third-order valence-corrected chi connectivity index (χ3v) is 4.74. The van der Waals surface area contributed by atoms with Crippen LogP contribution in [0.4, 0.5) is 0 Å². The first-order valence-corrected chi connectivity index (χ1v) is 8.51. The van der Waals surface area contributed by atoms with Gasteiger partial charge in [0.15, 0.2) is 0 Å². The maximum atomic E-state index is 8.85. The molecule has 118 valence electrons. The molecule has 1 aliphatic carbocycles. The van der Waals surface area contributed by atoms with Crippen molar-refractivity contribution < 1.29 is 0 Å². The smallest absolute Gasteiger partial charge is 0.0655 e. The van der Waals surface area contributed by atoms with Gasteiger partial charge in [0.2, 0.25) is 0 Å². The Morgan fingerprint density at radius 1 is 1.14 bits per heavy atom. The van der Waals surface area contributed by atoms with E-state index in [1.54, 1.807) is 0 Å². The van der Waals surface area contributed by atoms with Crippen molar-refractivity contribution in [2.24, 2.45) is 5.92 Å². The van der Waals surface area contributed by atoms with E-state index in [2.05, 4.69) is 36.6 Å². The molecule has 1 aromatic carbocycles. The van der Waals surface area contributed by atoms with Crippen molar-refractivity contribution in [3.05, 3.63) is 48.0 Å². The minimum Gasteiger partial charge on any atom is -0.296 e. The van der Waals surface area contributed by atoms with E-state index >= 15 is 0 Å². The number of benzene rings is 1. The second-order valence-electron chi connectivity index (χ2n) is 6.61. The van der Waals surface area contributed by atoms with Gasteiger partial charge < -0.3 is 0 Å². The summed E-state index contributed by atoms with van der Waals surface area (Å²) in [6.07, 6.45) is 7.12. The SMILES string of the molecule is C=C1CCCN(C2CCC(C#N)CC2)C1.Cc1ccccc1. The van der Waals surface area contributed by atoms with Crippen LogP contribution in [0.25, 0.3) is 0 Å². The fraction of sp³-hybridized carbons (Fsp3) is 0.550. The molecule has 1 aromatic rings. The lowest BCUT2D eigenvalue weighted by Crippen LogP contribution is -2.41. The Hall–Kier alpha value is -1.59. The fourth-order valence-electron chi connectivity index (χ4n) is 3.39. The van der Waals surface area contributed by atoms with E-state index in [0.717, 1.165) is 25.4 Å². The number of aryl methyl sites for hydroxylation is 1. The van der Waals surface area contributed by atoms with Gasteiger partial charge in [-0.2, -0.15) is 5.26 Å². The predicted molar refractivity (Wildman–Crippen MR) is 92.5 cm³/mol. The largest absolute Gasteiger partial charge is 0.296 e. The van der Waals surface area contributed by atoms with Crippen LogP contribution in [0.15, 0.2) is 42.5 Å². The number of nitriles is 1. The highest BCUT2D eigenvalue weighted by Gasteiger charge is 2.27. The maximum Gasteiger partial charge on any atom is 0.0655 e. The average molecular weight is 296 g/mol. The van der Waals surface area contributed by atoms with Crippen molar-refractivity contribution in [3.8, 4) is 6.07 Å². The Balaban J connectivity index is 0.000000211. The van der Waals surface area contributed by atoms with Crippen molar-refractivity contribution in [3.63, 3.8) is 0 Å². The van der Waals surface area contributed by atoms with E-state index < -0.39 is 0 Å². The molecule has 1 heterocycles. The highest BCUT2D eigenvalue weighted by atomic mass is 15.2. The maximum absolute atomic E-state index is 8.85. The molecule has 1 aliphatic heterocycles. The Morgan fingerprint density at radius 3 is 2.32 bits per heavy atom. The second kappa shape index (κ2) is 8.76. The molecular weight excluding hydrogens is 268 g/mol. The predicted octanol–water partition coefficient (Wildman–Crippen LogP) is 4.72. The van der Waals surface area contributed by atoms with Gasteiger partial charge in [-0.15, -0.1) is 0 Å². The van der Waals surface area contributed by atoms with Crippen molar-refractivity contribution in [1.82, 2.24) is 4.90 Å². The molecule has 1 saturated carbocycles. The molecule has 2 nitrogen and oxygen atoms in total. The van der Waals surface area contributed by atoms with Gasteiger partial charge in [-0.05, 0) is 52.0 Å². The highest BCUT2D eigenvalue weighted by Crippen LogP contribution is 2.29. The quantitative estimate of drug-likeness (QED) is 0.701. The molecule has 22 heavy (non-hydrogen) atoms. The van der Waals surface area contributed by atoms with Crippen LogP contribution in [-0.2, 0) is 0 Å². The summed E-state index contributed by atoms with van der Waals surface area (Å²) in [6.45, 7) is 8.52. The van der Waals surface area contributed by atoms with Crippen molar-refractivity contribution >= 4 is 0 Å². The molecule has 2 fully saturated rings. The third kappa shape index (κ3) is 5.31. The summed E-state index contributed by atoms with van der Waals surface area (Å²) in [7, 11) is 0. The molecule has 3 rings (SSSR count). The van der Waals surface area contributed by atoms with E-state index in [0.29, 0.717) is 5.92 Å². The molecule has 0 bridgehead atoms. The van der Waals surface area contributed by atoms with Crippen LogP contribution in [0, 0.1) is 24.2 Å². The van der Waals surface area contributed by atoms with Crippen molar-refractivity contribution in [2.75, 3.05) is 13.1 Å². The average Bonchev–Trinajstić information content (AvgIpc) is 2.56. The number of likely N-dealkylation sites (tertiary alicyclic amines) is 1. The summed E-state index contributed by atoms with van der Waals surface area (Å²) >= 11 is 0. The standard InChI is InChI=1S/C13H20N2.C7H8/c1-11-3-2-8-15(10-11)13-6-4-12(9-14)5-7-13;1-7-5-3-2-4-6-7/h12-13H,1-8,10H2;2-6H,1H3. The number of hydrogen-bond donors (Lipinski definition) is 0. The van der Waals surface area contributed by atoms with Crippen molar-refractivity contribution in [2.45, 2.75) is 51.5 Å². The Labute approximate surface area is 135 Å². The van der Waals surface area contributed by atoms with E-state index in [-0.39, 0.29) is 0 Å². The molecule has 0 unspecified atom stereocenters. The van der Waals surface area contributed by atoms with Gasteiger partial charge in [-0.1, -0.05) is 48.0 Å². The normalized spacial score (nSPS) is 25.7. The summed E-state index contributed by atoms with van der Waals surface area (Å²) in [6, 6.07) is 13.4. The first-order valence-electron chi connectivity index (χ1n) is 8.51. The molecule has 1 saturated heterocycles. The molecule has 0 spiro atoms. The van der Waals surface area contributed by atoms with Crippen molar-refractivity contribution in [1.29, 1.82) is 5.26 Å². The zero-order chi connectivity index (χ0) is 15.8. The van der Waals surface area contributed by atoms with Gasteiger partial charge in [-0.3, -0.25) is 4.90 Å². The summed E-state index contributed by atoms with van der Waals surface area (Å²) < 4.78 is 0. The topological polar surface area (TPSA) is 27.0 Å². The lowest BCUT2D eigenvalue weighted by Gasteiger charge is -2.38. The van der Waals surface area contributed by atoms with E-state index in [4.69, 9.17) is 5.26 Å². The molecule has 0 N–H and O–H groups in total. The molecule has 0 radical (unpaired) electrons. The lowest BCUT2D eigenvalue weighted by atomic mass is 9.85. The Bertz CT molecular complexity index is 492. The van der Waals surface area contributed by atoms with Crippen LogP contribution in [0.5, 0.6) is 0 Å². The third-order valence-electron chi connectivity index (χ3n) is 4.74. The van der Waals surface area contributed by atoms with E-state index in [1.807, 2.05) is 18.2 Å². The first kappa shape index (κ1) is 16.8. The van der Waals surface area contributed by atoms with E-state index in [9.17, 15) is 0 Å². The van der Waals surface area contributed by atoms with Crippen LogP contribution in [0.3, 0.4) is 0 Å². The molecule has 2 heteroatoms. The number of hydrogen-bond acceptors (Lipinski definition) is 2. The molecule has 0 aromatic heterocycles. The Morgan fingerprint density at radius 2 is 1.82 bits per heavy atom. The molecular formula is C20H28N2. The monoisotopic (exact) mass is 296 g/mol. The van der Waals surface area contributed by atoms with Gasteiger partial charge in [-0.25, -0.2) is 0 Å². The van der Waals surface area contributed by atoms with Gasteiger partial charge >= 0.3 is 0 Å². The summed E-state index contributed by atoms with van der Waals surface area (Å²) in [5.41, 5.74) is 2.71. The first-order chi connectivity index (χ1) is 10.7. The van der Waals surface area contributed by atoms with Gasteiger partial charge in [0, 0.05) is 18.5 Å².